The van der Waals surface area contributed by atoms with Crippen molar-refractivity contribution in [1.82, 2.24) is 0 Å². The smallest absolute Gasteiger partial charge is 0.132 e. The first-order chi connectivity index (χ1) is 6.59. The minimum absolute atomic E-state index is 0.235. The zero-order valence-electron chi connectivity index (χ0n) is 8.55. The molecule has 0 saturated heterocycles. The molecule has 0 spiro atoms. The van der Waals surface area contributed by atoms with E-state index >= 15 is 0 Å². The third-order valence-electron chi connectivity index (χ3n) is 3.22. The van der Waals surface area contributed by atoms with Gasteiger partial charge in [0, 0.05) is 5.56 Å². The molecule has 14 heavy (non-hydrogen) atoms. The highest BCUT2D eigenvalue weighted by Crippen LogP contribution is 2.54. The molecule has 1 aromatic carbocycles. The van der Waals surface area contributed by atoms with Crippen molar-refractivity contribution in [3.8, 4) is 0 Å². The van der Waals surface area contributed by atoms with Gasteiger partial charge >= 0.3 is 0 Å². The van der Waals surface area contributed by atoms with Crippen LogP contribution < -0.4 is 0 Å². The van der Waals surface area contributed by atoms with E-state index in [4.69, 9.17) is 0 Å². The molecule has 0 aliphatic heterocycles. The standard InChI is InChI=1S/C12H15FO/c1-3-9-7-12(9,14)10-6-4-5-8(2)11(10)13/h4-6,9,14H,3,7H2,1-2H3. The van der Waals surface area contributed by atoms with Crippen LogP contribution in [0.2, 0.25) is 0 Å². The molecule has 2 atom stereocenters. The number of aliphatic hydroxyl groups is 1. The Morgan fingerprint density at radius 1 is 1.57 bits per heavy atom. The molecule has 1 fully saturated rings. The zero-order valence-corrected chi connectivity index (χ0v) is 8.55. The van der Waals surface area contributed by atoms with Crippen molar-refractivity contribution >= 4 is 0 Å². The molecule has 0 bridgehead atoms. The fraction of sp³-hybridized carbons (Fsp3) is 0.500. The molecular weight excluding hydrogens is 179 g/mol. The van der Waals surface area contributed by atoms with Crippen molar-refractivity contribution in [3.05, 3.63) is 35.1 Å². The fourth-order valence-electron chi connectivity index (χ4n) is 2.11. The largest absolute Gasteiger partial charge is 0.385 e. The summed E-state index contributed by atoms with van der Waals surface area (Å²) in [5, 5.41) is 10.1. The van der Waals surface area contributed by atoms with Gasteiger partial charge in [-0.15, -0.1) is 0 Å². The lowest BCUT2D eigenvalue weighted by atomic mass is 10.0. The Hall–Kier alpha value is -0.890. The van der Waals surface area contributed by atoms with Crippen LogP contribution in [0, 0.1) is 18.7 Å². The molecule has 1 nitrogen and oxygen atoms in total. The third-order valence-corrected chi connectivity index (χ3v) is 3.22. The van der Waals surface area contributed by atoms with E-state index in [0.29, 0.717) is 17.5 Å². The van der Waals surface area contributed by atoms with Gasteiger partial charge in [-0.2, -0.15) is 0 Å². The number of halogens is 1. The van der Waals surface area contributed by atoms with E-state index in [1.807, 2.05) is 6.92 Å². The van der Waals surface area contributed by atoms with Gasteiger partial charge in [-0.3, -0.25) is 0 Å². The highest BCUT2D eigenvalue weighted by Gasteiger charge is 2.54. The van der Waals surface area contributed by atoms with E-state index in [9.17, 15) is 9.50 Å². The van der Waals surface area contributed by atoms with Crippen molar-refractivity contribution < 1.29 is 9.50 Å². The summed E-state index contributed by atoms with van der Waals surface area (Å²) < 4.78 is 13.7. The van der Waals surface area contributed by atoms with Crippen molar-refractivity contribution in [1.29, 1.82) is 0 Å². The maximum absolute atomic E-state index is 13.7. The third kappa shape index (κ3) is 1.25. The van der Waals surface area contributed by atoms with Crippen molar-refractivity contribution in [2.75, 3.05) is 0 Å². The van der Waals surface area contributed by atoms with Gasteiger partial charge in [0.25, 0.3) is 0 Å². The van der Waals surface area contributed by atoms with Crippen LogP contribution in [0.15, 0.2) is 18.2 Å². The van der Waals surface area contributed by atoms with Crippen LogP contribution in [0.5, 0.6) is 0 Å². The average Bonchev–Trinajstić information content (AvgIpc) is 2.83. The lowest BCUT2D eigenvalue weighted by molar-refractivity contribution is 0.126. The first-order valence-electron chi connectivity index (χ1n) is 5.07. The lowest BCUT2D eigenvalue weighted by Gasteiger charge is -2.12. The predicted octanol–water partition coefficient (Wildman–Crippen LogP) is 2.75. The van der Waals surface area contributed by atoms with Gasteiger partial charge in [0.05, 0.1) is 5.60 Å². The number of benzene rings is 1. The quantitative estimate of drug-likeness (QED) is 0.767. The molecule has 76 valence electrons. The number of hydrogen-bond donors (Lipinski definition) is 1. The fourth-order valence-corrected chi connectivity index (χ4v) is 2.11. The van der Waals surface area contributed by atoms with Gasteiger partial charge in [0.2, 0.25) is 0 Å². The molecule has 0 aromatic heterocycles. The minimum atomic E-state index is -0.884. The van der Waals surface area contributed by atoms with Crippen LogP contribution >= 0.6 is 0 Å². The molecule has 0 amide bonds. The number of hydrogen-bond acceptors (Lipinski definition) is 1. The Balaban J connectivity index is 2.39. The summed E-state index contributed by atoms with van der Waals surface area (Å²) in [6.07, 6.45) is 1.60. The van der Waals surface area contributed by atoms with Crippen molar-refractivity contribution in [2.24, 2.45) is 5.92 Å². The Labute approximate surface area is 83.6 Å². The van der Waals surface area contributed by atoms with E-state index in [0.717, 1.165) is 6.42 Å². The molecule has 2 unspecified atom stereocenters. The van der Waals surface area contributed by atoms with E-state index < -0.39 is 5.60 Å². The molecule has 1 N–H and O–H groups in total. The summed E-state index contributed by atoms with van der Waals surface area (Å²) in [7, 11) is 0. The molecule has 2 rings (SSSR count). The maximum Gasteiger partial charge on any atom is 0.132 e. The number of aryl methyl sites for hydroxylation is 1. The van der Waals surface area contributed by atoms with Crippen molar-refractivity contribution in [3.63, 3.8) is 0 Å². The van der Waals surface area contributed by atoms with E-state index in [1.54, 1.807) is 25.1 Å². The van der Waals surface area contributed by atoms with E-state index in [2.05, 4.69) is 0 Å². The van der Waals surface area contributed by atoms with Crippen molar-refractivity contribution in [2.45, 2.75) is 32.3 Å². The lowest BCUT2D eigenvalue weighted by Crippen LogP contribution is -2.11. The summed E-state index contributed by atoms with van der Waals surface area (Å²) in [6.45, 7) is 3.75. The van der Waals surface area contributed by atoms with Gasteiger partial charge in [-0.05, 0) is 24.8 Å². The molecular formula is C12H15FO. The van der Waals surface area contributed by atoms with Crippen LogP contribution in [-0.2, 0) is 5.60 Å². The molecule has 0 heterocycles. The zero-order chi connectivity index (χ0) is 10.3. The molecule has 2 heteroatoms. The minimum Gasteiger partial charge on any atom is -0.385 e. The van der Waals surface area contributed by atoms with Gasteiger partial charge in [-0.1, -0.05) is 31.5 Å². The molecule has 1 aliphatic rings. The van der Waals surface area contributed by atoms with Crippen LogP contribution in [-0.4, -0.2) is 5.11 Å². The summed E-state index contributed by atoms with van der Waals surface area (Å²) >= 11 is 0. The highest BCUT2D eigenvalue weighted by atomic mass is 19.1. The first-order valence-corrected chi connectivity index (χ1v) is 5.07. The molecule has 0 radical (unpaired) electrons. The normalized spacial score (nSPS) is 30.4. The topological polar surface area (TPSA) is 20.2 Å². The summed E-state index contributed by atoms with van der Waals surface area (Å²) in [5.41, 5.74) is 0.201. The summed E-state index contributed by atoms with van der Waals surface area (Å²) in [5.74, 6) is -0.00949. The first kappa shape index (κ1) is 9.66. The SMILES string of the molecule is CCC1CC1(O)c1cccc(C)c1F. The van der Waals surface area contributed by atoms with Gasteiger partial charge in [0.15, 0.2) is 0 Å². The van der Waals surface area contributed by atoms with Gasteiger partial charge in [-0.25, -0.2) is 4.39 Å². The number of rotatable bonds is 2. The predicted molar refractivity (Wildman–Crippen MR) is 53.4 cm³/mol. The van der Waals surface area contributed by atoms with E-state index in [-0.39, 0.29) is 11.7 Å². The van der Waals surface area contributed by atoms with Crippen LogP contribution in [0.1, 0.15) is 30.9 Å². The molecule has 1 saturated carbocycles. The van der Waals surface area contributed by atoms with Crippen LogP contribution in [0.3, 0.4) is 0 Å². The van der Waals surface area contributed by atoms with E-state index in [1.165, 1.54) is 0 Å². The molecule has 1 aromatic rings. The maximum atomic E-state index is 13.7. The monoisotopic (exact) mass is 194 g/mol. The van der Waals surface area contributed by atoms with Gasteiger partial charge in [0.1, 0.15) is 5.82 Å². The molecule has 1 aliphatic carbocycles. The summed E-state index contributed by atoms with van der Waals surface area (Å²) in [4.78, 5) is 0. The second-order valence-corrected chi connectivity index (χ2v) is 4.17. The Morgan fingerprint density at radius 2 is 2.29 bits per heavy atom. The van der Waals surface area contributed by atoms with Crippen LogP contribution in [0.4, 0.5) is 4.39 Å². The second-order valence-electron chi connectivity index (χ2n) is 4.17. The Bertz CT molecular complexity index is 361. The van der Waals surface area contributed by atoms with Crippen LogP contribution in [0.25, 0.3) is 0 Å². The Kier molecular flexibility index (Phi) is 2.11. The summed E-state index contributed by atoms with van der Waals surface area (Å²) in [6, 6.07) is 5.22. The van der Waals surface area contributed by atoms with Gasteiger partial charge < -0.3 is 5.11 Å². The Morgan fingerprint density at radius 3 is 2.86 bits per heavy atom. The second kappa shape index (κ2) is 3.06. The average molecular weight is 194 g/mol. The highest BCUT2D eigenvalue weighted by molar-refractivity contribution is 5.34.